The Bertz CT molecular complexity index is 1140. The Morgan fingerprint density at radius 2 is 1.97 bits per heavy atom. The molecule has 3 aromatic carbocycles. The number of nitro benzene ring substituents is 1. The molecular formula is C22H14BrFN2O3. The molecule has 0 fully saturated rings. The second-order valence-corrected chi connectivity index (χ2v) is 6.90. The molecule has 0 atom stereocenters. The number of hydrogen-bond donors (Lipinski definition) is 0. The highest BCUT2D eigenvalue weighted by atomic mass is 79.9. The quantitative estimate of drug-likeness (QED) is 0.195. The van der Waals surface area contributed by atoms with Crippen molar-refractivity contribution in [1.82, 2.24) is 0 Å². The van der Waals surface area contributed by atoms with Gasteiger partial charge in [-0.25, -0.2) is 4.39 Å². The summed E-state index contributed by atoms with van der Waals surface area (Å²) in [6, 6.07) is 19.6. The number of benzene rings is 3. The Hall–Kier alpha value is -3.50. The second kappa shape index (κ2) is 9.13. The van der Waals surface area contributed by atoms with Gasteiger partial charge in [0.05, 0.1) is 21.0 Å². The van der Waals surface area contributed by atoms with Gasteiger partial charge in [0.15, 0.2) is 0 Å². The maximum Gasteiger partial charge on any atom is 0.270 e. The molecule has 0 unspecified atom stereocenters. The Balaban J connectivity index is 1.81. The number of hydrogen-bond acceptors (Lipinski definition) is 4. The minimum Gasteiger partial charge on any atom is -0.488 e. The van der Waals surface area contributed by atoms with Gasteiger partial charge in [-0.05, 0) is 51.3 Å². The molecule has 0 aliphatic heterocycles. The molecule has 0 heterocycles. The zero-order chi connectivity index (χ0) is 20.8. The van der Waals surface area contributed by atoms with Crippen LogP contribution in [0.3, 0.4) is 0 Å². The summed E-state index contributed by atoms with van der Waals surface area (Å²) in [4.78, 5) is 10.4. The molecule has 5 nitrogen and oxygen atoms in total. The van der Waals surface area contributed by atoms with Crippen LogP contribution in [0.2, 0.25) is 0 Å². The van der Waals surface area contributed by atoms with Crippen LogP contribution in [0.5, 0.6) is 5.75 Å². The van der Waals surface area contributed by atoms with Gasteiger partial charge in [0, 0.05) is 17.7 Å². The molecule has 0 N–H and O–H groups in total. The highest BCUT2D eigenvalue weighted by molar-refractivity contribution is 9.10. The van der Waals surface area contributed by atoms with E-state index < -0.39 is 4.92 Å². The number of rotatable bonds is 6. The van der Waals surface area contributed by atoms with E-state index in [1.165, 1.54) is 24.3 Å². The maximum absolute atomic E-state index is 13.7. The monoisotopic (exact) mass is 452 g/mol. The molecule has 0 bridgehead atoms. The summed E-state index contributed by atoms with van der Waals surface area (Å²) in [7, 11) is 0. The molecular weight excluding hydrogens is 439 g/mol. The van der Waals surface area contributed by atoms with Gasteiger partial charge in [-0.1, -0.05) is 36.4 Å². The lowest BCUT2D eigenvalue weighted by Crippen LogP contribution is -1.98. The van der Waals surface area contributed by atoms with Crippen molar-refractivity contribution in [2.24, 2.45) is 0 Å². The molecule has 0 saturated carbocycles. The highest BCUT2D eigenvalue weighted by Crippen LogP contribution is 2.29. The van der Waals surface area contributed by atoms with Crippen LogP contribution in [0, 0.1) is 27.3 Å². The highest BCUT2D eigenvalue weighted by Gasteiger charge is 2.10. The Labute approximate surface area is 175 Å². The first-order chi connectivity index (χ1) is 14.0. The molecule has 29 heavy (non-hydrogen) atoms. The van der Waals surface area contributed by atoms with Crippen molar-refractivity contribution in [2.45, 2.75) is 6.61 Å². The summed E-state index contributed by atoms with van der Waals surface area (Å²) in [5.41, 5.74) is 1.82. The molecule has 0 amide bonds. The first kappa shape index (κ1) is 20.2. The maximum atomic E-state index is 13.7. The van der Waals surface area contributed by atoms with E-state index in [1.54, 1.807) is 48.5 Å². The molecule has 3 aromatic rings. The normalized spacial score (nSPS) is 11.0. The minimum absolute atomic E-state index is 0.0809. The van der Waals surface area contributed by atoms with Crippen molar-refractivity contribution >= 4 is 33.3 Å². The molecule has 7 heteroatoms. The SMILES string of the molecule is N#CC(=Cc1ccc(OCc2ccccc2F)c(Br)c1)c1cccc([N+](=O)[O-])c1. The van der Waals surface area contributed by atoms with E-state index in [1.807, 2.05) is 0 Å². The van der Waals surface area contributed by atoms with E-state index in [4.69, 9.17) is 4.74 Å². The van der Waals surface area contributed by atoms with Gasteiger partial charge >= 0.3 is 0 Å². The lowest BCUT2D eigenvalue weighted by Gasteiger charge is -2.10. The van der Waals surface area contributed by atoms with Crippen LogP contribution in [-0.2, 0) is 6.61 Å². The first-order valence-corrected chi connectivity index (χ1v) is 9.29. The van der Waals surface area contributed by atoms with Crippen LogP contribution >= 0.6 is 15.9 Å². The largest absolute Gasteiger partial charge is 0.488 e. The summed E-state index contributed by atoms with van der Waals surface area (Å²) in [6.45, 7) is 0.0809. The smallest absolute Gasteiger partial charge is 0.270 e. The van der Waals surface area contributed by atoms with Gasteiger partial charge in [0.25, 0.3) is 5.69 Å². The molecule has 3 rings (SSSR count). The third-order valence-corrected chi connectivity index (χ3v) is 4.72. The van der Waals surface area contributed by atoms with Crippen LogP contribution in [0.25, 0.3) is 11.6 Å². The Morgan fingerprint density at radius 1 is 1.17 bits per heavy atom. The predicted octanol–water partition coefficient (Wildman–Crippen LogP) is 6.14. The topological polar surface area (TPSA) is 76.2 Å². The van der Waals surface area contributed by atoms with E-state index in [2.05, 4.69) is 22.0 Å². The van der Waals surface area contributed by atoms with Crippen molar-refractivity contribution in [3.63, 3.8) is 0 Å². The summed E-state index contributed by atoms with van der Waals surface area (Å²) in [6.07, 6.45) is 1.63. The van der Waals surface area contributed by atoms with Gasteiger partial charge in [-0.2, -0.15) is 5.26 Å². The van der Waals surface area contributed by atoms with Crippen molar-refractivity contribution < 1.29 is 14.1 Å². The lowest BCUT2D eigenvalue weighted by atomic mass is 10.0. The van der Waals surface area contributed by atoms with Gasteiger partial charge in [-0.15, -0.1) is 0 Å². The number of nitro groups is 1. The molecule has 0 aromatic heterocycles. The summed E-state index contributed by atoms with van der Waals surface area (Å²) in [5.74, 6) is 0.193. The van der Waals surface area contributed by atoms with E-state index >= 15 is 0 Å². The van der Waals surface area contributed by atoms with Crippen LogP contribution in [0.1, 0.15) is 16.7 Å². The average Bonchev–Trinajstić information content (AvgIpc) is 2.72. The lowest BCUT2D eigenvalue weighted by molar-refractivity contribution is -0.384. The van der Waals surface area contributed by atoms with Crippen molar-refractivity contribution in [3.8, 4) is 11.8 Å². The molecule has 0 aliphatic carbocycles. The summed E-state index contributed by atoms with van der Waals surface area (Å²) >= 11 is 3.42. The number of non-ortho nitro benzene ring substituents is 1. The fraction of sp³-hybridized carbons (Fsp3) is 0.0455. The fourth-order valence-electron chi connectivity index (χ4n) is 2.63. The minimum atomic E-state index is -0.503. The summed E-state index contributed by atoms with van der Waals surface area (Å²) < 4.78 is 20.0. The zero-order valence-electron chi connectivity index (χ0n) is 15.0. The predicted molar refractivity (Wildman–Crippen MR) is 111 cm³/mol. The average molecular weight is 453 g/mol. The Kier molecular flexibility index (Phi) is 6.37. The number of halogens is 2. The molecule has 144 valence electrons. The molecule has 0 aliphatic rings. The van der Waals surface area contributed by atoms with E-state index in [0.29, 0.717) is 32.5 Å². The third-order valence-electron chi connectivity index (χ3n) is 4.10. The fourth-order valence-corrected chi connectivity index (χ4v) is 3.14. The number of nitrogens with zero attached hydrogens (tertiary/aromatic N) is 2. The van der Waals surface area contributed by atoms with Gasteiger partial charge < -0.3 is 4.74 Å². The van der Waals surface area contributed by atoms with Gasteiger partial charge in [-0.3, -0.25) is 10.1 Å². The second-order valence-electron chi connectivity index (χ2n) is 6.05. The standard InChI is InChI=1S/C22H14BrFN2O3/c23-20-11-15(8-9-22(20)29-14-17-4-1-2-7-21(17)24)10-18(13-25)16-5-3-6-19(12-16)26(27)28/h1-12H,14H2. The molecule has 0 spiro atoms. The van der Waals surface area contributed by atoms with Crippen molar-refractivity contribution in [2.75, 3.05) is 0 Å². The van der Waals surface area contributed by atoms with Crippen LogP contribution in [0.15, 0.2) is 71.2 Å². The van der Waals surface area contributed by atoms with E-state index in [0.717, 1.165) is 0 Å². The van der Waals surface area contributed by atoms with E-state index in [-0.39, 0.29) is 18.1 Å². The third kappa shape index (κ3) is 5.06. The van der Waals surface area contributed by atoms with Gasteiger partial charge in [0.1, 0.15) is 18.2 Å². The molecule has 0 saturated heterocycles. The van der Waals surface area contributed by atoms with Crippen LogP contribution in [-0.4, -0.2) is 4.92 Å². The van der Waals surface area contributed by atoms with E-state index in [9.17, 15) is 19.8 Å². The molecule has 0 radical (unpaired) electrons. The number of allylic oxidation sites excluding steroid dienone is 1. The van der Waals surface area contributed by atoms with Crippen LogP contribution < -0.4 is 4.74 Å². The summed E-state index contributed by atoms with van der Waals surface area (Å²) in [5, 5.41) is 20.4. The number of ether oxygens (including phenoxy) is 1. The van der Waals surface area contributed by atoms with Crippen molar-refractivity contribution in [1.29, 1.82) is 5.26 Å². The van der Waals surface area contributed by atoms with Crippen molar-refractivity contribution in [3.05, 3.63) is 104 Å². The number of nitriles is 1. The van der Waals surface area contributed by atoms with Crippen LogP contribution in [0.4, 0.5) is 10.1 Å². The first-order valence-electron chi connectivity index (χ1n) is 8.50. The van der Waals surface area contributed by atoms with Gasteiger partial charge in [0.2, 0.25) is 0 Å². The Morgan fingerprint density at radius 3 is 2.66 bits per heavy atom. The zero-order valence-corrected chi connectivity index (χ0v) is 16.6.